The number of hydrogen-bond donors (Lipinski definition) is 2. The normalized spacial score (nSPS) is 17.9. The Hall–Kier alpha value is 0.0300. The van der Waals surface area contributed by atoms with E-state index in [9.17, 15) is 4.21 Å². The molecule has 0 aromatic heterocycles. The highest BCUT2D eigenvalue weighted by atomic mass is 32.2. The molecule has 0 aliphatic rings. The van der Waals surface area contributed by atoms with Crippen LogP contribution in [-0.2, 0) is 15.5 Å². The number of hydrogen-bond acceptors (Lipinski definition) is 3. The fourth-order valence-electron chi connectivity index (χ4n) is 0.166. The highest BCUT2D eigenvalue weighted by molar-refractivity contribution is 7.74. The van der Waals surface area contributed by atoms with Crippen LogP contribution in [0.4, 0.5) is 0 Å². The van der Waals surface area contributed by atoms with E-state index in [1.807, 2.05) is 0 Å². The van der Waals surface area contributed by atoms with E-state index in [0.717, 1.165) is 0 Å². The summed E-state index contributed by atoms with van der Waals surface area (Å²) in [6.07, 6.45) is 0. The number of rotatable bonds is 3. The zero-order valence-electron chi connectivity index (χ0n) is 4.53. The van der Waals surface area contributed by atoms with Crippen molar-refractivity contribution in [2.75, 3.05) is 6.61 Å². The lowest BCUT2D eigenvalue weighted by Crippen LogP contribution is -2.22. The average Bonchev–Trinajstić information content (AvgIpc) is 1.61. The molecule has 0 aliphatic heterocycles. The van der Waals surface area contributed by atoms with Gasteiger partial charge in [0.05, 0.1) is 6.61 Å². The van der Waals surface area contributed by atoms with Gasteiger partial charge in [-0.1, -0.05) is 0 Å². The van der Waals surface area contributed by atoms with Gasteiger partial charge in [-0.2, -0.15) is 4.21 Å². The second-order valence-corrected chi connectivity index (χ2v) is 2.15. The molecule has 4 nitrogen and oxygen atoms in total. The molecule has 0 spiro atoms. The molecule has 0 aromatic rings. The Bertz CT molecular complexity index is 84.6. The molecule has 0 rings (SSSR count). The van der Waals surface area contributed by atoms with Crippen molar-refractivity contribution in [3.05, 3.63) is 0 Å². The zero-order valence-corrected chi connectivity index (χ0v) is 5.35. The highest BCUT2D eigenvalue weighted by Gasteiger charge is 1.95. The maximum absolute atomic E-state index is 9.74. The first-order valence-corrected chi connectivity index (χ1v) is 3.16. The van der Waals surface area contributed by atoms with E-state index in [2.05, 4.69) is 4.18 Å². The Balaban J connectivity index is 3.05. The molecule has 3 N–H and O–H groups in total. The lowest BCUT2D eigenvalue weighted by molar-refractivity contribution is 0.289. The van der Waals surface area contributed by atoms with Crippen molar-refractivity contribution in [3.63, 3.8) is 0 Å². The molecule has 0 bridgehead atoms. The minimum absolute atomic E-state index is 0.114. The summed E-state index contributed by atoms with van der Waals surface area (Å²) in [5, 5.41) is 0. The third-order valence-corrected chi connectivity index (χ3v) is 0.769. The van der Waals surface area contributed by atoms with Gasteiger partial charge < -0.3 is 5.73 Å². The molecule has 0 aromatic carbocycles. The van der Waals surface area contributed by atoms with Gasteiger partial charge in [0.1, 0.15) is 0 Å². The van der Waals surface area contributed by atoms with Crippen LogP contribution in [0.2, 0.25) is 0 Å². The van der Waals surface area contributed by atoms with Gasteiger partial charge in [0.2, 0.25) is 0 Å². The van der Waals surface area contributed by atoms with E-state index in [4.69, 9.17) is 10.3 Å². The van der Waals surface area contributed by atoms with Gasteiger partial charge in [-0.05, 0) is 6.92 Å². The molecule has 0 saturated carbocycles. The summed E-state index contributed by atoms with van der Waals surface area (Å²) < 4.78 is 21.9. The van der Waals surface area contributed by atoms with Crippen LogP contribution in [0.25, 0.3) is 0 Å². The van der Waals surface area contributed by atoms with Crippen LogP contribution in [-0.4, -0.2) is 21.4 Å². The molecule has 0 saturated heterocycles. The number of nitrogens with two attached hydrogens (primary N) is 1. The van der Waals surface area contributed by atoms with Crippen LogP contribution < -0.4 is 5.73 Å². The third kappa shape index (κ3) is 6.03. The van der Waals surface area contributed by atoms with Crippen molar-refractivity contribution in [2.45, 2.75) is 13.0 Å². The summed E-state index contributed by atoms with van der Waals surface area (Å²) in [4.78, 5) is 0. The molecule has 0 radical (unpaired) electrons. The molecule has 2 atom stereocenters. The largest absolute Gasteiger partial charge is 0.326 e. The van der Waals surface area contributed by atoms with Crippen LogP contribution in [0.3, 0.4) is 0 Å². The van der Waals surface area contributed by atoms with E-state index < -0.39 is 11.4 Å². The van der Waals surface area contributed by atoms with Gasteiger partial charge >= 0.3 is 11.4 Å². The highest BCUT2D eigenvalue weighted by Crippen LogP contribution is 1.80. The van der Waals surface area contributed by atoms with Crippen molar-refractivity contribution in [3.8, 4) is 0 Å². The monoisotopic (exact) mass is 139 g/mol. The van der Waals surface area contributed by atoms with Crippen LogP contribution in [0.5, 0.6) is 0 Å². The Morgan fingerprint density at radius 3 is 2.62 bits per heavy atom. The van der Waals surface area contributed by atoms with E-state index in [1.165, 1.54) is 0 Å². The SMILES string of the molecule is CC(N)COS(=O)O. The summed E-state index contributed by atoms with van der Waals surface area (Å²) in [6, 6.07) is -0.189. The van der Waals surface area contributed by atoms with Crippen molar-refractivity contribution < 1.29 is 12.9 Å². The van der Waals surface area contributed by atoms with E-state index in [-0.39, 0.29) is 12.6 Å². The molecule has 2 unspecified atom stereocenters. The second-order valence-electron chi connectivity index (χ2n) is 1.48. The van der Waals surface area contributed by atoms with E-state index in [0.29, 0.717) is 0 Å². The first-order valence-electron chi connectivity index (χ1n) is 2.12. The molecule has 5 heteroatoms. The average molecular weight is 139 g/mol. The van der Waals surface area contributed by atoms with Gasteiger partial charge in [-0.25, -0.2) is 0 Å². The lowest BCUT2D eigenvalue weighted by Gasteiger charge is -1.99. The molecule has 0 amide bonds. The van der Waals surface area contributed by atoms with Crippen LogP contribution >= 0.6 is 0 Å². The van der Waals surface area contributed by atoms with Crippen molar-refractivity contribution in [2.24, 2.45) is 5.73 Å². The minimum Gasteiger partial charge on any atom is -0.326 e. The summed E-state index contributed by atoms with van der Waals surface area (Å²) in [5.74, 6) is 0. The Kier molecular flexibility index (Phi) is 3.98. The van der Waals surface area contributed by atoms with Crippen molar-refractivity contribution >= 4 is 11.4 Å². The van der Waals surface area contributed by atoms with Crippen molar-refractivity contribution in [1.29, 1.82) is 0 Å². The topological polar surface area (TPSA) is 72.5 Å². The van der Waals surface area contributed by atoms with Crippen LogP contribution in [0.1, 0.15) is 6.92 Å². The molecule has 0 fully saturated rings. The molecule has 8 heavy (non-hydrogen) atoms. The summed E-state index contributed by atoms with van der Waals surface area (Å²) in [7, 11) is 0. The maximum Gasteiger partial charge on any atom is 0.301 e. The maximum atomic E-state index is 9.74. The molecule has 50 valence electrons. The second kappa shape index (κ2) is 3.96. The lowest BCUT2D eigenvalue weighted by atomic mass is 10.4. The third-order valence-electron chi connectivity index (χ3n) is 0.432. The summed E-state index contributed by atoms with van der Waals surface area (Å²) in [5.41, 5.74) is 5.17. The minimum atomic E-state index is -2.17. The zero-order chi connectivity index (χ0) is 6.57. The summed E-state index contributed by atoms with van der Waals surface area (Å²) >= 11 is -2.17. The predicted octanol–water partition coefficient (Wildman–Crippen LogP) is -0.513. The van der Waals surface area contributed by atoms with Gasteiger partial charge in [0.25, 0.3) is 0 Å². The Morgan fingerprint density at radius 2 is 2.50 bits per heavy atom. The van der Waals surface area contributed by atoms with E-state index >= 15 is 0 Å². The predicted molar refractivity (Wildman–Crippen MR) is 30.4 cm³/mol. The van der Waals surface area contributed by atoms with Gasteiger partial charge in [-0.3, -0.25) is 8.74 Å². The van der Waals surface area contributed by atoms with Crippen LogP contribution in [0.15, 0.2) is 0 Å². The quantitative estimate of drug-likeness (QED) is 0.516. The Labute approximate surface area is 50.5 Å². The molecule has 0 aliphatic carbocycles. The summed E-state index contributed by atoms with van der Waals surface area (Å²) in [6.45, 7) is 1.80. The fraction of sp³-hybridized carbons (Fsp3) is 1.00. The van der Waals surface area contributed by atoms with Gasteiger partial charge in [0.15, 0.2) is 0 Å². The Morgan fingerprint density at radius 1 is 2.00 bits per heavy atom. The van der Waals surface area contributed by atoms with Gasteiger partial charge in [0, 0.05) is 6.04 Å². The molecular weight excluding hydrogens is 130 g/mol. The molecular formula is C3H9NO3S. The van der Waals surface area contributed by atoms with Crippen LogP contribution in [0, 0.1) is 0 Å². The smallest absolute Gasteiger partial charge is 0.301 e. The first kappa shape index (κ1) is 8.03. The first-order chi connectivity index (χ1) is 3.63. The van der Waals surface area contributed by atoms with Gasteiger partial charge in [-0.15, -0.1) is 0 Å². The van der Waals surface area contributed by atoms with E-state index in [1.54, 1.807) is 6.92 Å². The standard InChI is InChI=1S/C3H9NO3S/c1-3(4)2-7-8(5)6/h3H,2,4H2,1H3,(H,5,6). The fourth-order valence-corrected chi connectivity index (χ4v) is 0.497. The molecule has 0 heterocycles. The van der Waals surface area contributed by atoms with Crippen molar-refractivity contribution in [1.82, 2.24) is 0 Å².